The van der Waals surface area contributed by atoms with E-state index in [1.165, 1.54) is 0 Å². The van der Waals surface area contributed by atoms with Crippen LogP contribution < -0.4 is 10.1 Å². The van der Waals surface area contributed by atoms with Crippen molar-refractivity contribution in [1.82, 2.24) is 9.97 Å². The third kappa shape index (κ3) is 4.25. The van der Waals surface area contributed by atoms with Gasteiger partial charge in [-0.2, -0.15) is 4.98 Å². The van der Waals surface area contributed by atoms with Crippen LogP contribution in [-0.2, 0) is 4.79 Å². The highest BCUT2D eigenvalue weighted by atomic mass is 35.5. The summed E-state index contributed by atoms with van der Waals surface area (Å²) in [5.41, 5.74) is 3.37. The summed E-state index contributed by atoms with van der Waals surface area (Å²) in [4.78, 5) is 21.3. The molecule has 152 valence electrons. The van der Waals surface area contributed by atoms with Gasteiger partial charge in [-0.3, -0.25) is 4.79 Å². The van der Waals surface area contributed by atoms with Gasteiger partial charge in [-0.25, -0.2) is 4.98 Å². The van der Waals surface area contributed by atoms with Gasteiger partial charge in [0, 0.05) is 22.5 Å². The molecule has 0 aliphatic carbocycles. The third-order valence-electron chi connectivity index (χ3n) is 4.47. The zero-order chi connectivity index (χ0) is 21.3. The number of pyridine rings is 1. The smallest absolute Gasteiger partial charge is 0.265 e. The number of amides is 1. The van der Waals surface area contributed by atoms with Crippen LogP contribution >= 0.6 is 23.2 Å². The fraction of sp³-hybridized carbons (Fsp3) is 0.136. The number of ether oxygens (including phenoxy) is 1. The number of carbonyl (C=O) groups is 1. The number of oxazole rings is 1. The topological polar surface area (TPSA) is 77.3 Å². The lowest BCUT2D eigenvalue weighted by Crippen LogP contribution is -2.30. The molecule has 0 bridgehead atoms. The lowest BCUT2D eigenvalue weighted by atomic mass is 10.1. The largest absolute Gasteiger partial charge is 0.479 e. The van der Waals surface area contributed by atoms with Crippen molar-refractivity contribution >= 4 is 46.0 Å². The van der Waals surface area contributed by atoms with E-state index in [1.807, 2.05) is 19.1 Å². The zero-order valence-corrected chi connectivity index (χ0v) is 17.7. The average Bonchev–Trinajstić information content (AvgIpc) is 3.16. The van der Waals surface area contributed by atoms with E-state index in [9.17, 15) is 4.79 Å². The van der Waals surface area contributed by atoms with Crippen molar-refractivity contribution in [2.24, 2.45) is 0 Å². The maximum absolute atomic E-state index is 12.7. The molecule has 0 radical (unpaired) electrons. The number of fused-ring (bicyclic) bond motifs is 1. The molecular formula is C22H17Cl2N3O3. The molecule has 0 aliphatic heterocycles. The maximum Gasteiger partial charge on any atom is 0.265 e. The van der Waals surface area contributed by atoms with Gasteiger partial charge in [0.15, 0.2) is 17.3 Å². The molecule has 0 fully saturated rings. The number of nitrogens with one attached hydrogen (secondary N) is 1. The number of aromatic nitrogens is 2. The van der Waals surface area contributed by atoms with Crippen molar-refractivity contribution in [2.75, 3.05) is 5.32 Å². The van der Waals surface area contributed by atoms with Gasteiger partial charge in [0.2, 0.25) is 5.89 Å². The molecule has 4 aromatic rings. The van der Waals surface area contributed by atoms with Crippen LogP contribution in [0.2, 0.25) is 10.0 Å². The number of halogens is 2. The number of rotatable bonds is 5. The first kappa shape index (κ1) is 20.2. The molecule has 2 heterocycles. The van der Waals surface area contributed by atoms with Gasteiger partial charge < -0.3 is 14.5 Å². The Labute approximate surface area is 182 Å². The molecule has 2 aromatic heterocycles. The summed E-state index contributed by atoms with van der Waals surface area (Å²) in [6, 6.07) is 14.0. The van der Waals surface area contributed by atoms with Crippen molar-refractivity contribution in [3.63, 3.8) is 0 Å². The van der Waals surface area contributed by atoms with Crippen molar-refractivity contribution < 1.29 is 13.9 Å². The summed E-state index contributed by atoms with van der Waals surface area (Å²) in [5, 5.41) is 3.72. The molecule has 8 heteroatoms. The minimum absolute atomic E-state index is 0.319. The van der Waals surface area contributed by atoms with Crippen LogP contribution in [0.4, 0.5) is 5.69 Å². The second kappa shape index (κ2) is 8.34. The first-order chi connectivity index (χ1) is 14.4. The molecule has 0 spiro atoms. The molecule has 6 nitrogen and oxygen atoms in total. The molecule has 30 heavy (non-hydrogen) atoms. The number of hydrogen-bond acceptors (Lipinski definition) is 5. The molecule has 0 saturated heterocycles. The molecule has 0 aliphatic rings. The molecule has 1 amide bonds. The SMILES string of the molecule is Cc1ccc(-c2nc3ncccc3o2)cc1NC(=O)[C@H](C)Oc1ccc(Cl)cc1Cl. The summed E-state index contributed by atoms with van der Waals surface area (Å²) < 4.78 is 11.5. The van der Waals surface area contributed by atoms with E-state index in [-0.39, 0.29) is 5.91 Å². The van der Waals surface area contributed by atoms with E-state index in [0.717, 1.165) is 11.1 Å². The minimum atomic E-state index is -0.778. The van der Waals surface area contributed by atoms with Gasteiger partial charge in [0.05, 0.1) is 5.02 Å². The van der Waals surface area contributed by atoms with Crippen molar-refractivity contribution in [2.45, 2.75) is 20.0 Å². The molecule has 1 atom stereocenters. The van der Waals surface area contributed by atoms with Crippen LogP contribution in [0.3, 0.4) is 0 Å². The standard InChI is InChI=1S/C22H17Cl2N3O3/c1-12-5-6-14(22-27-20-19(30-22)4-3-9-25-20)10-17(12)26-21(28)13(2)29-18-8-7-15(23)11-16(18)24/h3-11,13H,1-2H3,(H,26,28)/t13-/m0/s1. The number of nitrogens with zero attached hydrogens (tertiary/aromatic N) is 2. The number of carbonyl (C=O) groups excluding carboxylic acids is 1. The Bertz CT molecular complexity index is 1210. The van der Waals surface area contributed by atoms with Crippen LogP contribution in [0, 0.1) is 6.92 Å². The van der Waals surface area contributed by atoms with E-state index in [0.29, 0.717) is 38.6 Å². The van der Waals surface area contributed by atoms with E-state index in [2.05, 4.69) is 15.3 Å². The van der Waals surface area contributed by atoms with Gasteiger partial charge in [0.25, 0.3) is 5.91 Å². The van der Waals surface area contributed by atoms with Crippen LogP contribution in [0.5, 0.6) is 5.75 Å². The van der Waals surface area contributed by atoms with Crippen molar-refractivity contribution in [1.29, 1.82) is 0 Å². The summed E-state index contributed by atoms with van der Waals surface area (Å²) in [6.07, 6.45) is 0.879. The Morgan fingerprint density at radius 1 is 1.17 bits per heavy atom. The van der Waals surface area contributed by atoms with Crippen molar-refractivity contribution in [3.8, 4) is 17.2 Å². The maximum atomic E-state index is 12.7. The van der Waals surface area contributed by atoms with E-state index >= 15 is 0 Å². The summed E-state index contributed by atoms with van der Waals surface area (Å²) in [6.45, 7) is 3.54. The minimum Gasteiger partial charge on any atom is -0.479 e. The van der Waals surface area contributed by atoms with Gasteiger partial charge in [-0.1, -0.05) is 29.3 Å². The van der Waals surface area contributed by atoms with Gasteiger partial charge in [-0.05, 0) is 61.9 Å². The second-order valence-corrected chi connectivity index (χ2v) is 7.54. The molecular weight excluding hydrogens is 425 g/mol. The zero-order valence-electron chi connectivity index (χ0n) is 16.1. The van der Waals surface area contributed by atoms with Crippen LogP contribution in [0.15, 0.2) is 59.1 Å². The van der Waals surface area contributed by atoms with Crippen LogP contribution in [0.25, 0.3) is 22.7 Å². The highest BCUT2D eigenvalue weighted by molar-refractivity contribution is 6.35. The van der Waals surface area contributed by atoms with E-state index in [4.69, 9.17) is 32.4 Å². The molecule has 4 rings (SSSR count). The van der Waals surface area contributed by atoms with Crippen LogP contribution in [-0.4, -0.2) is 22.0 Å². The number of hydrogen-bond donors (Lipinski definition) is 1. The fourth-order valence-electron chi connectivity index (χ4n) is 2.83. The first-order valence-electron chi connectivity index (χ1n) is 9.16. The first-order valence-corrected chi connectivity index (χ1v) is 9.91. The predicted octanol–water partition coefficient (Wildman–Crippen LogP) is 5.91. The highest BCUT2D eigenvalue weighted by Gasteiger charge is 2.18. The molecule has 0 saturated carbocycles. The summed E-state index contributed by atoms with van der Waals surface area (Å²) >= 11 is 12.0. The predicted molar refractivity (Wildman–Crippen MR) is 117 cm³/mol. The quantitative estimate of drug-likeness (QED) is 0.416. The average molecular weight is 442 g/mol. The van der Waals surface area contributed by atoms with E-state index < -0.39 is 6.10 Å². The molecule has 0 unspecified atom stereocenters. The Morgan fingerprint density at radius 2 is 2.00 bits per heavy atom. The Hall–Kier alpha value is -3.09. The Balaban J connectivity index is 1.53. The van der Waals surface area contributed by atoms with Crippen molar-refractivity contribution in [3.05, 3.63) is 70.3 Å². The normalized spacial score (nSPS) is 12.0. The lowest BCUT2D eigenvalue weighted by molar-refractivity contribution is -0.122. The number of benzene rings is 2. The summed E-state index contributed by atoms with van der Waals surface area (Å²) in [5.74, 6) is 0.491. The highest BCUT2D eigenvalue weighted by Crippen LogP contribution is 2.30. The Morgan fingerprint density at radius 3 is 2.77 bits per heavy atom. The Kier molecular flexibility index (Phi) is 5.61. The van der Waals surface area contributed by atoms with Gasteiger partial charge >= 0.3 is 0 Å². The second-order valence-electron chi connectivity index (χ2n) is 6.70. The lowest BCUT2D eigenvalue weighted by Gasteiger charge is -2.17. The number of anilines is 1. The van der Waals surface area contributed by atoms with Gasteiger partial charge in [-0.15, -0.1) is 0 Å². The molecule has 2 aromatic carbocycles. The van der Waals surface area contributed by atoms with Crippen LogP contribution in [0.1, 0.15) is 12.5 Å². The monoisotopic (exact) mass is 441 g/mol. The van der Waals surface area contributed by atoms with E-state index in [1.54, 1.807) is 49.5 Å². The molecule has 1 N–H and O–H groups in total. The number of aryl methyl sites for hydroxylation is 1. The fourth-order valence-corrected chi connectivity index (χ4v) is 3.28. The van der Waals surface area contributed by atoms with Gasteiger partial charge in [0.1, 0.15) is 5.75 Å². The summed E-state index contributed by atoms with van der Waals surface area (Å²) in [7, 11) is 0. The third-order valence-corrected chi connectivity index (χ3v) is 5.00.